The Morgan fingerprint density at radius 3 is 1.95 bits per heavy atom. The highest BCUT2D eigenvalue weighted by atomic mass is 35.5. The first kappa shape index (κ1) is 18.4. The number of carboxylic acid groups (broad SMARTS) is 1. The zero-order valence-corrected chi connectivity index (χ0v) is 10.5. The Labute approximate surface area is 114 Å². The van der Waals surface area contributed by atoms with Gasteiger partial charge in [-0.25, -0.2) is 4.79 Å². The summed E-state index contributed by atoms with van der Waals surface area (Å²) in [6.07, 6.45) is -9.48. The summed E-state index contributed by atoms with van der Waals surface area (Å²) >= 11 is 5.51. The topological polar surface area (TPSA) is 49.3 Å². The van der Waals surface area contributed by atoms with E-state index in [0.717, 1.165) is 6.07 Å². The Hall–Kier alpha value is -1.64. The third-order valence-corrected chi connectivity index (χ3v) is 2.22. The number of carbonyl (C=O) groups is 1. The molecule has 0 fully saturated rings. The van der Waals surface area contributed by atoms with E-state index in [0.29, 0.717) is 0 Å². The Kier molecular flexibility index (Phi) is 6.14. The van der Waals surface area contributed by atoms with Gasteiger partial charge in [-0.05, 0) is 12.1 Å². The summed E-state index contributed by atoms with van der Waals surface area (Å²) in [6.45, 7) is 0. The van der Waals surface area contributed by atoms with Gasteiger partial charge in [0.25, 0.3) is 0 Å². The second-order valence-corrected chi connectivity index (χ2v) is 3.60. The van der Waals surface area contributed by atoms with Crippen molar-refractivity contribution in [2.75, 3.05) is 12.4 Å². The van der Waals surface area contributed by atoms with E-state index in [-0.39, 0.29) is 10.7 Å². The van der Waals surface area contributed by atoms with Crippen LogP contribution in [0, 0.1) is 0 Å². The van der Waals surface area contributed by atoms with Crippen LogP contribution >= 0.6 is 11.6 Å². The second-order valence-electron chi connectivity index (χ2n) is 3.22. The molecule has 0 spiro atoms. The number of alkyl halides is 6. The van der Waals surface area contributed by atoms with Crippen molar-refractivity contribution in [3.8, 4) is 0 Å². The lowest BCUT2D eigenvalue weighted by Gasteiger charge is -2.11. The van der Waals surface area contributed by atoms with Crippen molar-refractivity contribution in [2.45, 2.75) is 12.4 Å². The molecule has 2 N–H and O–H groups in total. The molecule has 0 unspecified atom stereocenters. The van der Waals surface area contributed by atoms with Crippen molar-refractivity contribution in [3.63, 3.8) is 0 Å². The van der Waals surface area contributed by atoms with Crippen LogP contribution in [0.15, 0.2) is 18.2 Å². The van der Waals surface area contributed by atoms with Gasteiger partial charge in [0.1, 0.15) is 0 Å². The molecule has 114 valence electrons. The first-order chi connectivity index (χ1) is 8.91. The number of anilines is 1. The van der Waals surface area contributed by atoms with Crippen LogP contribution in [-0.4, -0.2) is 24.3 Å². The van der Waals surface area contributed by atoms with Crippen molar-refractivity contribution in [1.82, 2.24) is 0 Å². The molecule has 1 rings (SSSR count). The molecule has 0 aliphatic carbocycles. The van der Waals surface area contributed by atoms with Gasteiger partial charge in [0.2, 0.25) is 0 Å². The van der Waals surface area contributed by atoms with Crippen LogP contribution in [-0.2, 0) is 11.0 Å². The lowest BCUT2D eigenvalue weighted by Crippen LogP contribution is -2.21. The van der Waals surface area contributed by atoms with Crippen LogP contribution in [0.25, 0.3) is 0 Å². The molecule has 1 aromatic rings. The van der Waals surface area contributed by atoms with Crippen LogP contribution in [0.4, 0.5) is 32.0 Å². The van der Waals surface area contributed by atoms with E-state index in [1.54, 1.807) is 0 Å². The van der Waals surface area contributed by atoms with Gasteiger partial charge in [-0.15, -0.1) is 0 Å². The normalized spacial score (nSPS) is 11.4. The largest absolute Gasteiger partial charge is 0.490 e. The standard InChI is InChI=1S/C8H7ClF3N.C2HF3O2/c1-13-6-4-2-3-5(7(6)9)8(10,11)12;3-2(4,5)1(6)7/h2-4,13H,1H3;(H,6,7). The Bertz CT molecular complexity index is 472. The van der Waals surface area contributed by atoms with Crippen molar-refractivity contribution < 1.29 is 36.2 Å². The molecule has 0 heterocycles. The minimum atomic E-state index is -5.08. The summed E-state index contributed by atoms with van der Waals surface area (Å²) in [5, 5.41) is 9.41. The van der Waals surface area contributed by atoms with Gasteiger partial charge >= 0.3 is 18.3 Å². The predicted molar refractivity (Wildman–Crippen MR) is 59.7 cm³/mol. The van der Waals surface area contributed by atoms with Crippen molar-refractivity contribution in [1.29, 1.82) is 0 Å². The maximum atomic E-state index is 12.3. The van der Waals surface area contributed by atoms with Crippen LogP contribution in [0.5, 0.6) is 0 Å². The average molecular weight is 324 g/mol. The molecule has 0 aliphatic rings. The van der Waals surface area contributed by atoms with Gasteiger partial charge in [-0.1, -0.05) is 17.7 Å². The van der Waals surface area contributed by atoms with Gasteiger partial charge in [-0.3, -0.25) is 0 Å². The molecule has 0 aromatic heterocycles. The minimum Gasteiger partial charge on any atom is -0.475 e. The number of aliphatic carboxylic acids is 1. The van der Waals surface area contributed by atoms with Gasteiger partial charge in [-0.2, -0.15) is 26.3 Å². The van der Waals surface area contributed by atoms with Crippen LogP contribution in [0.2, 0.25) is 5.02 Å². The van der Waals surface area contributed by atoms with E-state index in [1.807, 2.05) is 0 Å². The molecule has 0 radical (unpaired) electrons. The highest BCUT2D eigenvalue weighted by molar-refractivity contribution is 6.34. The quantitative estimate of drug-likeness (QED) is 0.767. The monoisotopic (exact) mass is 323 g/mol. The molecule has 1 aromatic carbocycles. The number of hydrogen-bond acceptors (Lipinski definition) is 2. The Balaban J connectivity index is 0.000000441. The number of benzene rings is 1. The molecule has 0 atom stereocenters. The average Bonchev–Trinajstić information content (AvgIpc) is 2.27. The van der Waals surface area contributed by atoms with Gasteiger partial charge in [0.15, 0.2) is 0 Å². The fraction of sp³-hybridized carbons (Fsp3) is 0.300. The third-order valence-electron chi connectivity index (χ3n) is 1.82. The highest BCUT2D eigenvalue weighted by Gasteiger charge is 2.38. The van der Waals surface area contributed by atoms with Crippen molar-refractivity contribution in [3.05, 3.63) is 28.8 Å². The summed E-state index contributed by atoms with van der Waals surface area (Å²) < 4.78 is 68.5. The zero-order chi connectivity index (χ0) is 16.1. The number of hydrogen-bond donors (Lipinski definition) is 2. The summed E-state index contributed by atoms with van der Waals surface area (Å²) in [5.41, 5.74) is -0.544. The summed E-state index contributed by atoms with van der Waals surface area (Å²) in [4.78, 5) is 8.90. The molecule has 0 amide bonds. The second kappa shape index (κ2) is 6.69. The Morgan fingerprint density at radius 2 is 1.65 bits per heavy atom. The smallest absolute Gasteiger partial charge is 0.475 e. The van der Waals surface area contributed by atoms with E-state index in [4.69, 9.17) is 21.5 Å². The molecule has 20 heavy (non-hydrogen) atoms. The van der Waals surface area contributed by atoms with Gasteiger partial charge in [0, 0.05) is 7.05 Å². The molecule has 10 heteroatoms. The number of halogens is 7. The molecule has 0 saturated heterocycles. The van der Waals surface area contributed by atoms with Crippen LogP contribution in [0.1, 0.15) is 5.56 Å². The predicted octanol–water partition coefficient (Wildman–Crippen LogP) is 4.03. The maximum Gasteiger partial charge on any atom is 0.490 e. The Morgan fingerprint density at radius 1 is 1.20 bits per heavy atom. The van der Waals surface area contributed by atoms with E-state index in [2.05, 4.69) is 5.32 Å². The van der Waals surface area contributed by atoms with E-state index >= 15 is 0 Å². The summed E-state index contributed by atoms with van der Waals surface area (Å²) in [5.74, 6) is -2.76. The fourth-order valence-electron chi connectivity index (χ4n) is 0.944. The van der Waals surface area contributed by atoms with Crippen molar-refractivity contribution in [2.24, 2.45) is 0 Å². The lowest BCUT2D eigenvalue weighted by molar-refractivity contribution is -0.192. The zero-order valence-electron chi connectivity index (χ0n) is 9.73. The highest BCUT2D eigenvalue weighted by Crippen LogP contribution is 2.37. The number of nitrogens with one attached hydrogen (secondary N) is 1. The van der Waals surface area contributed by atoms with Crippen LogP contribution < -0.4 is 5.32 Å². The van der Waals surface area contributed by atoms with E-state index < -0.39 is 23.9 Å². The molecule has 0 bridgehead atoms. The van der Waals surface area contributed by atoms with Gasteiger partial charge in [0.05, 0.1) is 16.3 Å². The van der Waals surface area contributed by atoms with Crippen molar-refractivity contribution >= 4 is 23.3 Å². The summed E-state index contributed by atoms with van der Waals surface area (Å²) in [7, 11) is 1.52. The minimum absolute atomic E-state index is 0.275. The summed E-state index contributed by atoms with van der Waals surface area (Å²) in [6, 6.07) is 3.74. The number of rotatable bonds is 1. The van der Waals surface area contributed by atoms with Gasteiger partial charge < -0.3 is 10.4 Å². The first-order valence-electron chi connectivity index (χ1n) is 4.74. The van der Waals surface area contributed by atoms with E-state index in [1.165, 1.54) is 19.2 Å². The molecule has 3 nitrogen and oxygen atoms in total. The SMILES string of the molecule is CNc1cccc(C(F)(F)F)c1Cl.O=C(O)C(F)(F)F. The maximum absolute atomic E-state index is 12.3. The first-order valence-corrected chi connectivity index (χ1v) is 5.12. The number of carboxylic acids is 1. The molecule has 0 saturated carbocycles. The fourth-order valence-corrected chi connectivity index (χ4v) is 1.27. The molecule has 0 aliphatic heterocycles. The molecular weight excluding hydrogens is 316 g/mol. The van der Waals surface area contributed by atoms with Crippen LogP contribution in [0.3, 0.4) is 0 Å². The third kappa shape index (κ3) is 5.55. The van der Waals surface area contributed by atoms with E-state index in [9.17, 15) is 26.3 Å². The lowest BCUT2D eigenvalue weighted by atomic mass is 10.2. The molecular formula is C10H8ClF6NO2.